The van der Waals surface area contributed by atoms with Crippen LogP contribution in [0.5, 0.6) is 0 Å². The van der Waals surface area contributed by atoms with Crippen LogP contribution in [0, 0.1) is 18.6 Å². The Morgan fingerprint density at radius 3 is 2.42 bits per heavy atom. The maximum atomic E-state index is 14.3. The van der Waals surface area contributed by atoms with Crippen molar-refractivity contribution < 1.29 is 13.6 Å². The molecule has 2 aromatic carbocycles. The van der Waals surface area contributed by atoms with E-state index in [9.17, 15) is 13.6 Å². The number of halogens is 2. The zero-order valence-corrected chi connectivity index (χ0v) is 15.5. The van der Waals surface area contributed by atoms with Gasteiger partial charge in [0.25, 0.3) is 0 Å². The third-order valence-electron chi connectivity index (χ3n) is 4.14. The number of Topliss-reactive ketones (excluding diaryl/α,β-unsaturated/α-hetero) is 1. The highest BCUT2D eigenvalue weighted by Crippen LogP contribution is 2.23. The van der Waals surface area contributed by atoms with Crippen LogP contribution in [-0.2, 0) is 0 Å². The lowest BCUT2D eigenvalue weighted by Crippen LogP contribution is -2.26. The number of hydrogen-bond donors (Lipinski definition) is 0. The maximum Gasteiger partial charge on any atom is 0.182 e. The van der Waals surface area contributed by atoms with Crippen LogP contribution in [-0.4, -0.2) is 44.2 Å². The van der Waals surface area contributed by atoms with E-state index in [2.05, 4.69) is 4.99 Å². The number of likely N-dealkylation sites (N-methyl/N-ethyl adjacent to an activating group) is 1. The fourth-order valence-corrected chi connectivity index (χ4v) is 2.40. The van der Waals surface area contributed by atoms with Gasteiger partial charge in [-0.1, -0.05) is 0 Å². The van der Waals surface area contributed by atoms with E-state index in [0.29, 0.717) is 16.8 Å². The predicted octanol–water partition coefficient (Wildman–Crippen LogP) is 4.20. The van der Waals surface area contributed by atoms with E-state index in [-0.39, 0.29) is 23.8 Å². The summed E-state index contributed by atoms with van der Waals surface area (Å²) in [6.07, 6.45) is 1.56. The first kappa shape index (κ1) is 19.6. The van der Waals surface area contributed by atoms with Gasteiger partial charge in [0.2, 0.25) is 0 Å². The fraction of sp³-hybridized carbons (Fsp3) is 0.300. The van der Waals surface area contributed by atoms with Crippen molar-refractivity contribution in [3.8, 4) is 0 Å². The van der Waals surface area contributed by atoms with Gasteiger partial charge in [0.05, 0.1) is 12.9 Å². The van der Waals surface area contributed by atoms with E-state index in [1.807, 2.05) is 18.9 Å². The summed E-state index contributed by atoms with van der Waals surface area (Å²) in [5.41, 5.74) is 1.89. The molecule has 6 heteroatoms. The summed E-state index contributed by atoms with van der Waals surface area (Å²) in [7, 11) is 3.58. The lowest BCUT2D eigenvalue weighted by molar-refractivity contribution is 0.0999. The molecule has 0 saturated heterocycles. The predicted molar refractivity (Wildman–Crippen MR) is 102 cm³/mol. The van der Waals surface area contributed by atoms with Crippen molar-refractivity contribution in [2.75, 3.05) is 32.1 Å². The minimum atomic E-state index is -0.538. The van der Waals surface area contributed by atoms with Crippen molar-refractivity contribution in [3.05, 3.63) is 59.2 Å². The fourth-order valence-electron chi connectivity index (χ4n) is 2.40. The van der Waals surface area contributed by atoms with E-state index in [1.54, 1.807) is 43.4 Å². The number of aryl methyl sites for hydroxylation is 1. The largest absolute Gasteiger partial charge is 0.367 e. The van der Waals surface area contributed by atoms with Crippen molar-refractivity contribution in [1.82, 2.24) is 4.90 Å². The lowest BCUT2D eigenvalue weighted by Gasteiger charge is -2.19. The Hall–Kier alpha value is -2.76. The molecule has 0 saturated carbocycles. The molecule has 26 heavy (non-hydrogen) atoms. The highest BCUT2D eigenvalue weighted by atomic mass is 19.1. The highest BCUT2D eigenvalue weighted by Gasteiger charge is 2.15. The molecule has 0 aliphatic rings. The molecule has 0 aliphatic heterocycles. The summed E-state index contributed by atoms with van der Waals surface area (Å²) in [4.78, 5) is 20.2. The van der Waals surface area contributed by atoms with E-state index in [4.69, 9.17) is 0 Å². The Bertz CT molecular complexity index is 803. The molecule has 0 aromatic heterocycles. The summed E-state index contributed by atoms with van der Waals surface area (Å²) < 4.78 is 27.3. The molecule has 0 aliphatic carbocycles. The smallest absolute Gasteiger partial charge is 0.182 e. The Balaban J connectivity index is 2.17. The molecule has 0 bridgehead atoms. The molecule has 2 rings (SSSR count). The Morgan fingerprint density at radius 1 is 1.15 bits per heavy atom. The van der Waals surface area contributed by atoms with Gasteiger partial charge in [-0.3, -0.25) is 4.79 Å². The molecule has 0 amide bonds. The number of carbonyl (C=O) groups is 1. The molecule has 0 N–H and O–H groups in total. The minimum Gasteiger partial charge on any atom is -0.367 e. The summed E-state index contributed by atoms with van der Waals surface area (Å²) in [6, 6.07) is 8.66. The average Bonchev–Trinajstić information content (AvgIpc) is 2.62. The number of anilines is 1. The molecule has 0 heterocycles. The first-order valence-electron chi connectivity index (χ1n) is 8.36. The zero-order chi connectivity index (χ0) is 19.3. The van der Waals surface area contributed by atoms with Gasteiger partial charge in [-0.2, -0.15) is 0 Å². The molecule has 0 radical (unpaired) electrons. The van der Waals surface area contributed by atoms with Crippen molar-refractivity contribution in [2.45, 2.75) is 13.8 Å². The van der Waals surface area contributed by atoms with Gasteiger partial charge < -0.3 is 9.80 Å². The standard InChI is InChI=1S/C20H23F2N3O/c1-5-24(3)13-23-19-10-14(2)17(11-18(19)22)20(26)12-25(4)16-8-6-15(21)7-9-16/h6-11,13H,5,12H2,1-4H3/b23-13+. The highest BCUT2D eigenvalue weighted by molar-refractivity contribution is 6.00. The van der Waals surface area contributed by atoms with Crippen LogP contribution in [0.15, 0.2) is 41.4 Å². The number of hydrogen-bond acceptors (Lipinski definition) is 3. The Morgan fingerprint density at radius 2 is 1.81 bits per heavy atom. The van der Waals surface area contributed by atoms with Gasteiger partial charge >= 0.3 is 0 Å². The quantitative estimate of drug-likeness (QED) is 0.422. The van der Waals surface area contributed by atoms with Gasteiger partial charge in [-0.25, -0.2) is 13.8 Å². The number of rotatable bonds is 7. The van der Waals surface area contributed by atoms with Gasteiger partial charge in [0.1, 0.15) is 17.3 Å². The van der Waals surface area contributed by atoms with Crippen LogP contribution in [0.4, 0.5) is 20.2 Å². The van der Waals surface area contributed by atoms with Crippen LogP contribution >= 0.6 is 0 Å². The molecule has 4 nitrogen and oxygen atoms in total. The van der Waals surface area contributed by atoms with Crippen molar-refractivity contribution in [2.24, 2.45) is 4.99 Å². The van der Waals surface area contributed by atoms with Crippen molar-refractivity contribution in [3.63, 3.8) is 0 Å². The third kappa shape index (κ3) is 4.88. The maximum absolute atomic E-state index is 14.3. The molecular weight excluding hydrogens is 336 g/mol. The summed E-state index contributed by atoms with van der Waals surface area (Å²) >= 11 is 0. The Kier molecular flexibility index (Phi) is 6.44. The lowest BCUT2D eigenvalue weighted by atomic mass is 10.0. The number of ketones is 1. The van der Waals surface area contributed by atoms with Crippen LogP contribution in [0.25, 0.3) is 0 Å². The van der Waals surface area contributed by atoms with Crippen LogP contribution in [0.2, 0.25) is 0 Å². The third-order valence-corrected chi connectivity index (χ3v) is 4.14. The van der Waals surface area contributed by atoms with E-state index < -0.39 is 5.82 Å². The number of carbonyl (C=O) groups excluding carboxylic acids is 1. The van der Waals surface area contributed by atoms with E-state index in [0.717, 1.165) is 6.54 Å². The number of aliphatic imine (C=N–C) groups is 1. The topological polar surface area (TPSA) is 35.9 Å². The second-order valence-electron chi connectivity index (χ2n) is 6.19. The molecule has 0 unspecified atom stereocenters. The average molecular weight is 359 g/mol. The van der Waals surface area contributed by atoms with Crippen molar-refractivity contribution in [1.29, 1.82) is 0 Å². The summed E-state index contributed by atoms with van der Waals surface area (Å²) in [5, 5.41) is 0. The zero-order valence-electron chi connectivity index (χ0n) is 15.5. The summed E-state index contributed by atoms with van der Waals surface area (Å²) in [5.74, 6) is -1.09. The van der Waals surface area contributed by atoms with Gasteiger partial charge in [0, 0.05) is 31.9 Å². The van der Waals surface area contributed by atoms with Crippen LogP contribution in [0.3, 0.4) is 0 Å². The molecule has 0 atom stereocenters. The second-order valence-corrected chi connectivity index (χ2v) is 6.19. The first-order valence-corrected chi connectivity index (χ1v) is 8.36. The van der Waals surface area contributed by atoms with E-state index in [1.165, 1.54) is 18.2 Å². The van der Waals surface area contributed by atoms with Crippen molar-refractivity contribution >= 4 is 23.5 Å². The van der Waals surface area contributed by atoms with Crippen LogP contribution < -0.4 is 4.90 Å². The Labute approximate surface area is 152 Å². The molecule has 0 spiro atoms. The first-order chi connectivity index (χ1) is 12.3. The molecule has 138 valence electrons. The molecule has 2 aromatic rings. The number of benzene rings is 2. The monoisotopic (exact) mass is 359 g/mol. The summed E-state index contributed by atoms with van der Waals surface area (Å²) in [6.45, 7) is 4.55. The molecule has 0 fully saturated rings. The van der Waals surface area contributed by atoms with Gasteiger partial charge in [0.15, 0.2) is 5.78 Å². The SMILES string of the molecule is CCN(C)/C=N/c1cc(C)c(C(=O)CN(C)c2ccc(F)cc2)cc1F. The van der Waals surface area contributed by atoms with E-state index >= 15 is 0 Å². The second kappa shape index (κ2) is 8.56. The van der Waals surface area contributed by atoms with Gasteiger partial charge in [-0.15, -0.1) is 0 Å². The van der Waals surface area contributed by atoms with Crippen LogP contribution in [0.1, 0.15) is 22.8 Å². The van der Waals surface area contributed by atoms with Gasteiger partial charge in [-0.05, 0) is 55.8 Å². The minimum absolute atomic E-state index is 0.0626. The normalized spacial score (nSPS) is 11.0. The molecular formula is C20H23F2N3O. The number of nitrogens with zero attached hydrogens (tertiary/aromatic N) is 3.